The van der Waals surface area contributed by atoms with Gasteiger partial charge in [-0.25, -0.2) is 0 Å². The Hall–Kier alpha value is -1.88. The van der Waals surface area contributed by atoms with Crippen molar-refractivity contribution in [2.45, 2.75) is 135 Å². The van der Waals surface area contributed by atoms with Crippen molar-refractivity contribution in [1.29, 1.82) is 0 Å². The third-order valence-corrected chi connectivity index (χ3v) is 9.97. The number of ether oxygens (including phenoxy) is 1. The van der Waals surface area contributed by atoms with Crippen LogP contribution in [0.5, 0.6) is 0 Å². The first-order chi connectivity index (χ1) is 19.6. The number of esters is 1. The minimum atomic E-state index is -0.0453. The lowest BCUT2D eigenvalue weighted by molar-refractivity contribution is -0.144. The molecule has 0 aromatic heterocycles. The maximum Gasteiger partial charge on any atom is 0.306 e. The Balaban J connectivity index is 1.53. The van der Waals surface area contributed by atoms with Crippen LogP contribution in [0.1, 0.15) is 134 Å². The first-order valence-electron chi connectivity index (χ1n) is 16.8. The normalized spacial score (nSPS) is 24.6. The van der Waals surface area contributed by atoms with Gasteiger partial charge < -0.3 is 10.1 Å². The molecule has 1 amide bonds. The van der Waals surface area contributed by atoms with Gasteiger partial charge in [-0.15, -0.1) is 0 Å². The highest BCUT2D eigenvalue weighted by Gasteiger charge is 2.37. The summed E-state index contributed by atoms with van der Waals surface area (Å²) in [5.41, 5.74) is 2.25. The second kappa shape index (κ2) is 16.5. The topological polar surface area (TPSA) is 58.6 Å². The molecule has 0 bridgehead atoms. The van der Waals surface area contributed by atoms with Gasteiger partial charge >= 0.3 is 5.97 Å². The maximum atomic E-state index is 12.4. The van der Waals surface area contributed by atoms with Crippen molar-refractivity contribution in [2.24, 2.45) is 17.8 Å². The highest BCUT2D eigenvalue weighted by Crippen LogP contribution is 2.42. The lowest BCUT2D eigenvalue weighted by Crippen LogP contribution is -2.47. The van der Waals surface area contributed by atoms with Crippen LogP contribution < -0.4 is 5.32 Å². The molecule has 3 aliphatic carbocycles. The summed E-state index contributed by atoms with van der Waals surface area (Å²) in [6.07, 6.45) is 20.3. The van der Waals surface area contributed by atoms with Crippen molar-refractivity contribution in [1.82, 2.24) is 4.90 Å². The van der Waals surface area contributed by atoms with Crippen molar-refractivity contribution in [2.75, 3.05) is 25.0 Å². The Morgan fingerprint density at radius 1 is 0.825 bits per heavy atom. The van der Waals surface area contributed by atoms with Gasteiger partial charge in [0.05, 0.1) is 6.61 Å². The van der Waals surface area contributed by atoms with Crippen LogP contribution in [0.3, 0.4) is 0 Å². The first kappa shape index (κ1) is 31.1. The van der Waals surface area contributed by atoms with Gasteiger partial charge in [0.15, 0.2) is 0 Å². The van der Waals surface area contributed by atoms with Crippen molar-refractivity contribution < 1.29 is 14.3 Å². The van der Waals surface area contributed by atoms with E-state index in [0.29, 0.717) is 37.3 Å². The van der Waals surface area contributed by atoms with Crippen LogP contribution in [0, 0.1) is 17.8 Å². The number of hydrogen-bond acceptors (Lipinski definition) is 4. The summed E-state index contributed by atoms with van der Waals surface area (Å²) < 4.78 is 5.35. The number of carbonyl (C=O) groups excluding carboxylic acids is 2. The summed E-state index contributed by atoms with van der Waals surface area (Å²) in [4.78, 5) is 27.7. The summed E-state index contributed by atoms with van der Waals surface area (Å²) in [6, 6.07) is 9.21. The van der Waals surface area contributed by atoms with Gasteiger partial charge in [-0.3, -0.25) is 14.5 Å². The van der Waals surface area contributed by atoms with Crippen molar-refractivity contribution in [3.8, 4) is 0 Å². The minimum absolute atomic E-state index is 0.0453. The number of hydrogen-bond donors (Lipinski definition) is 1. The molecule has 1 aromatic carbocycles. The van der Waals surface area contributed by atoms with Crippen LogP contribution in [0.25, 0.3) is 0 Å². The number of nitrogens with one attached hydrogen (secondary N) is 1. The fraction of sp³-hybridized carbons (Fsp3) is 0.771. The predicted molar refractivity (Wildman–Crippen MR) is 164 cm³/mol. The number of rotatable bonds is 13. The number of amides is 1. The van der Waals surface area contributed by atoms with Crippen LogP contribution in [0.2, 0.25) is 0 Å². The fourth-order valence-electron chi connectivity index (χ4n) is 7.80. The van der Waals surface area contributed by atoms with E-state index in [2.05, 4.69) is 41.4 Å². The van der Waals surface area contributed by atoms with Crippen molar-refractivity contribution in [3.63, 3.8) is 0 Å². The van der Waals surface area contributed by atoms with Crippen molar-refractivity contribution in [3.05, 3.63) is 29.8 Å². The molecule has 224 valence electrons. The Kier molecular flexibility index (Phi) is 12.8. The van der Waals surface area contributed by atoms with E-state index in [1.807, 2.05) is 6.92 Å². The largest absolute Gasteiger partial charge is 0.466 e. The zero-order chi connectivity index (χ0) is 28.2. The van der Waals surface area contributed by atoms with Gasteiger partial charge in [0.1, 0.15) is 0 Å². The molecule has 40 heavy (non-hydrogen) atoms. The standard InChI is InChI=1S/C35H56N2O3/c1-3-5-16-34(38)36-31-20-18-30(19-21-31)32-23-29(24-35(39)40-4-2)17-22-33(32)37(25-27-12-8-6-9-13-27)26-28-14-10-7-11-15-28/h18-21,27-29,32-33H,3-17,22-26H2,1-2H3,(H,36,38)/t29?,32-,33+/m0/s1. The Morgan fingerprint density at radius 2 is 1.45 bits per heavy atom. The number of benzene rings is 1. The number of nitrogens with zero attached hydrogens (tertiary/aromatic N) is 1. The number of unbranched alkanes of at least 4 members (excludes halogenated alkanes) is 1. The van der Waals surface area contributed by atoms with Gasteiger partial charge in [0.25, 0.3) is 0 Å². The molecule has 4 rings (SSSR count). The van der Waals surface area contributed by atoms with Crippen molar-refractivity contribution >= 4 is 17.6 Å². The molecule has 3 fully saturated rings. The number of carbonyl (C=O) groups is 2. The third kappa shape index (κ3) is 9.60. The lowest BCUT2D eigenvalue weighted by Gasteiger charge is -2.46. The molecule has 1 N–H and O–H groups in total. The van der Waals surface area contributed by atoms with Crippen LogP contribution in [-0.4, -0.2) is 42.5 Å². The Bertz CT molecular complexity index is 868. The molecule has 0 saturated heterocycles. The Morgan fingerprint density at radius 3 is 2.02 bits per heavy atom. The molecule has 3 saturated carbocycles. The lowest BCUT2D eigenvalue weighted by atomic mass is 9.72. The smallest absolute Gasteiger partial charge is 0.306 e. The van der Waals surface area contributed by atoms with Gasteiger partial charge in [0, 0.05) is 37.7 Å². The van der Waals surface area contributed by atoms with E-state index in [0.717, 1.165) is 49.6 Å². The molecule has 3 atom stereocenters. The molecule has 5 heteroatoms. The summed E-state index contributed by atoms with van der Waals surface area (Å²) in [7, 11) is 0. The van der Waals surface area contributed by atoms with Gasteiger partial charge in [-0.2, -0.15) is 0 Å². The quantitative estimate of drug-likeness (QED) is 0.249. The maximum absolute atomic E-state index is 12.4. The van der Waals surface area contributed by atoms with E-state index < -0.39 is 0 Å². The summed E-state index contributed by atoms with van der Waals surface area (Å²) in [6.45, 7) is 6.95. The molecule has 1 unspecified atom stereocenters. The average molecular weight is 553 g/mol. The summed E-state index contributed by atoms with van der Waals surface area (Å²) in [5.74, 6) is 2.50. The van der Waals surface area contributed by atoms with E-state index in [1.165, 1.54) is 82.9 Å². The molecule has 0 spiro atoms. The first-order valence-corrected chi connectivity index (χ1v) is 16.8. The Labute approximate surface area is 244 Å². The summed E-state index contributed by atoms with van der Waals surface area (Å²) >= 11 is 0. The molecule has 1 aromatic rings. The predicted octanol–water partition coefficient (Wildman–Crippen LogP) is 8.48. The molecule has 5 nitrogen and oxygen atoms in total. The van der Waals surface area contributed by atoms with Crippen LogP contribution >= 0.6 is 0 Å². The second-order valence-electron chi connectivity index (χ2n) is 13.1. The van der Waals surface area contributed by atoms with E-state index >= 15 is 0 Å². The molecule has 0 heterocycles. The highest BCUT2D eigenvalue weighted by atomic mass is 16.5. The molecule has 0 radical (unpaired) electrons. The van der Waals surface area contributed by atoms with Gasteiger partial charge in [-0.05, 0) is 99.7 Å². The van der Waals surface area contributed by atoms with E-state index in [1.54, 1.807) is 0 Å². The van der Waals surface area contributed by atoms with Crippen LogP contribution in [-0.2, 0) is 14.3 Å². The minimum Gasteiger partial charge on any atom is -0.466 e. The average Bonchev–Trinajstić information content (AvgIpc) is 2.97. The third-order valence-electron chi connectivity index (χ3n) is 9.97. The second-order valence-corrected chi connectivity index (χ2v) is 13.1. The fourth-order valence-corrected chi connectivity index (χ4v) is 7.80. The van der Waals surface area contributed by atoms with E-state index in [9.17, 15) is 9.59 Å². The SMILES string of the molecule is CCCCC(=O)Nc1ccc([C@@H]2CC(CC(=O)OCC)CC[C@H]2N(CC2CCCCC2)CC2CCCCC2)cc1. The summed E-state index contributed by atoms with van der Waals surface area (Å²) in [5, 5.41) is 3.09. The monoisotopic (exact) mass is 552 g/mol. The van der Waals surface area contributed by atoms with Crippen LogP contribution in [0.15, 0.2) is 24.3 Å². The molecule has 0 aliphatic heterocycles. The molecular weight excluding hydrogens is 496 g/mol. The zero-order valence-corrected chi connectivity index (χ0v) is 25.5. The number of anilines is 1. The van der Waals surface area contributed by atoms with Crippen LogP contribution in [0.4, 0.5) is 5.69 Å². The van der Waals surface area contributed by atoms with E-state index in [4.69, 9.17) is 4.74 Å². The zero-order valence-electron chi connectivity index (χ0n) is 25.5. The highest BCUT2D eigenvalue weighted by molar-refractivity contribution is 5.90. The van der Waals surface area contributed by atoms with E-state index in [-0.39, 0.29) is 11.9 Å². The molecular formula is C35H56N2O3. The molecule has 3 aliphatic rings. The van der Waals surface area contributed by atoms with Gasteiger partial charge in [-0.1, -0.05) is 64.0 Å². The van der Waals surface area contributed by atoms with Gasteiger partial charge in [0.2, 0.25) is 5.91 Å².